The summed E-state index contributed by atoms with van der Waals surface area (Å²) in [5.74, 6) is -0.933. The van der Waals surface area contributed by atoms with Crippen LogP contribution >= 0.6 is 0 Å². The molecule has 0 unspecified atom stereocenters. The Morgan fingerprint density at radius 1 is 0.535 bits per heavy atom. The smallest absolute Gasteiger partial charge is 0.315 e. The predicted molar refractivity (Wildman–Crippen MR) is 289 cm³/mol. The normalized spacial score (nSPS) is 54.8. The van der Waals surface area contributed by atoms with Crippen molar-refractivity contribution in [2.24, 2.45) is 50.2 Å². The van der Waals surface area contributed by atoms with Gasteiger partial charge in [0, 0.05) is 5.41 Å². The summed E-state index contributed by atoms with van der Waals surface area (Å²) in [6, 6.07) is 0. The Morgan fingerprint density at radius 3 is 1.67 bits per heavy atom. The molecule has 16 N–H and O–H groups in total. The quantitative estimate of drug-likeness (QED) is 0.0454. The standard InChI is InChI=1S/C59H96O27/c1-24-34(65)37(68)41(72)48(78-24)83-45-29(20-61)80-50(43(74)39(45)70)84-46-30(21-62)81-51(44(75)40(46)71)86-53(76)59-16-14-54(2,3)18-26(59)25-8-9-32-55(4)12-11-33(56(5,23-63)31(55)10-13-58(32,7)57(25,6)15-17-59)82-52-47(35(66)27(64)22-77-52)85-49-42(73)38(69)36(67)28(19-60)79-49/h8,24,26-52,60-75H,9-23H2,1-7H3/t24-,26-,27-,28+,29+,30+,31+,32+,33-,34-,35-,36+,37+,38-,39+,40+,41+,42+,43+,44+,45+,46+,47+,48-,49-,50-,51-,52-,55-,56-,57+,58+,59-/m0/s1. The van der Waals surface area contributed by atoms with E-state index in [2.05, 4.69) is 40.7 Å². The van der Waals surface area contributed by atoms with Crippen LogP contribution in [0.4, 0.5) is 0 Å². The van der Waals surface area contributed by atoms with Gasteiger partial charge in [-0.3, -0.25) is 4.79 Å². The molecule has 10 aliphatic rings. The molecule has 86 heavy (non-hydrogen) atoms. The Hall–Kier alpha value is -1.79. The molecular weight excluding hydrogens is 1140 g/mol. The number of rotatable bonds is 14. The van der Waals surface area contributed by atoms with E-state index in [4.69, 9.17) is 47.4 Å². The lowest BCUT2D eigenvalue weighted by molar-refractivity contribution is -0.377. The number of esters is 1. The first-order valence-corrected chi connectivity index (χ1v) is 30.8. The Kier molecular flexibility index (Phi) is 19.4. The minimum Gasteiger partial charge on any atom is -0.432 e. The van der Waals surface area contributed by atoms with Crippen molar-refractivity contribution in [1.29, 1.82) is 0 Å². The topological polar surface area (TPSA) is 433 Å². The van der Waals surface area contributed by atoms with Gasteiger partial charge in [0.15, 0.2) is 25.2 Å². The Labute approximate surface area is 499 Å². The SMILES string of the molecule is C[C@@H]1O[C@@H](O[C@H]2[C@H](O)[C@@H](O)[C@H](O[C@H]3[C@H](O)[C@@H](O)[C@H](OC(=O)[C@]45CCC(C)(C)C[C@H]4C4=CC[C@@H]6[C@@]7(C)CC[C@H](O[C@@H]8OC[C@H](O)[C@H](O)[C@H]8O[C@@H]8O[C@H](CO)[C@@H](O)[C@H](O)[C@H]8O)[C@@](C)(CO)[C@@H]7CC[C@@]6(C)[C@]4(C)CC5)O[C@@H]3CO)O[C@@H]2CO)[C@H](O)[C@H](O)[C@H]1O. The molecule has 0 bridgehead atoms. The number of carbonyl (C=O) groups excluding carboxylic acids is 1. The van der Waals surface area contributed by atoms with Gasteiger partial charge in [0.25, 0.3) is 0 Å². The highest BCUT2D eigenvalue weighted by Gasteiger charge is 2.71. The van der Waals surface area contributed by atoms with Crippen molar-refractivity contribution in [2.45, 2.75) is 266 Å². The Bertz CT molecular complexity index is 2380. The fraction of sp³-hybridized carbons (Fsp3) is 0.949. The zero-order valence-corrected chi connectivity index (χ0v) is 50.0. The van der Waals surface area contributed by atoms with Crippen LogP contribution in [0.5, 0.6) is 0 Å². The maximum Gasteiger partial charge on any atom is 0.315 e. The third-order valence-electron chi connectivity index (χ3n) is 23.3. The third-order valence-corrected chi connectivity index (χ3v) is 23.3. The van der Waals surface area contributed by atoms with Crippen LogP contribution in [0.15, 0.2) is 11.6 Å². The second kappa shape index (κ2) is 24.9. The maximum absolute atomic E-state index is 15.2. The fourth-order valence-electron chi connectivity index (χ4n) is 17.7. The number of ether oxygens (including phenoxy) is 10. The summed E-state index contributed by atoms with van der Waals surface area (Å²) in [5.41, 5.74) is -2.06. The summed E-state index contributed by atoms with van der Waals surface area (Å²) in [6.45, 7) is 11.7. The lowest BCUT2D eigenvalue weighted by atomic mass is 9.33. The van der Waals surface area contributed by atoms with E-state index in [1.54, 1.807) is 0 Å². The van der Waals surface area contributed by atoms with Crippen LogP contribution < -0.4 is 0 Å². The molecule has 0 radical (unpaired) electrons. The minimum atomic E-state index is -1.98. The zero-order valence-electron chi connectivity index (χ0n) is 50.0. The highest BCUT2D eigenvalue weighted by molar-refractivity contribution is 5.79. The molecule has 33 atom stereocenters. The van der Waals surface area contributed by atoms with Gasteiger partial charge in [0.1, 0.15) is 110 Å². The number of fused-ring (bicyclic) bond motifs is 7. The molecular formula is C59H96O27. The van der Waals surface area contributed by atoms with Gasteiger partial charge in [-0.15, -0.1) is 0 Å². The van der Waals surface area contributed by atoms with Gasteiger partial charge in [-0.2, -0.15) is 0 Å². The molecule has 0 aromatic heterocycles. The lowest BCUT2D eigenvalue weighted by Crippen LogP contribution is -2.67. The van der Waals surface area contributed by atoms with E-state index in [1.165, 1.54) is 12.5 Å². The maximum atomic E-state index is 15.2. The summed E-state index contributed by atoms with van der Waals surface area (Å²) in [7, 11) is 0. The fourth-order valence-corrected chi connectivity index (χ4v) is 17.7. The summed E-state index contributed by atoms with van der Waals surface area (Å²) in [5, 5.41) is 173. The highest BCUT2D eigenvalue weighted by atomic mass is 16.8. The molecule has 0 aromatic rings. The van der Waals surface area contributed by atoms with Crippen LogP contribution in [0.1, 0.15) is 113 Å². The van der Waals surface area contributed by atoms with Gasteiger partial charge in [-0.1, -0.05) is 53.2 Å². The van der Waals surface area contributed by atoms with Crippen LogP contribution in [0.3, 0.4) is 0 Å². The second-order valence-electron chi connectivity index (χ2n) is 28.5. The number of aliphatic hydroxyl groups excluding tert-OH is 16. The van der Waals surface area contributed by atoms with Crippen molar-refractivity contribution >= 4 is 5.97 Å². The second-order valence-corrected chi connectivity index (χ2v) is 28.5. The largest absolute Gasteiger partial charge is 0.432 e. The first kappa shape index (κ1) is 67.1. The third kappa shape index (κ3) is 11.1. The summed E-state index contributed by atoms with van der Waals surface area (Å²) in [4.78, 5) is 15.2. The van der Waals surface area contributed by atoms with Crippen molar-refractivity contribution < 1.29 is 134 Å². The molecule has 5 saturated heterocycles. The van der Waals surface area contributed by atoms with Crippen molar-refractivity contribution in [2.75, 3.05) is 33.0 Å². The van der Waals surface area contributed by atoms with Crippen LogP contribution in [-0.2, 0) is 52.2 Å². The van der Waals surface area contributed by atoms with Gasteiger partial charge in [0.2, 0.25) is 6.29 Å². The van der Waals surface area contributed by atoms with Gasteiger partial charge in [-0.05, 0) is 111 Å². The van der Waals surface area contributed by atoms with E-state index >= 15 is 4.79 Å². The number of hydrogen-bond donors (Lipinski definition) is 16. The number of hydrogen-bond acceptors (Lipinski definition) is 27. The lowest BCUT2D eigenvalue weighted by Gasteiger charge is -2.71. The molecule has 4 saturated carbocycles. The van der Waals surface area contributed by atoms with Crippen molar-refractivity contribution in [3.05, 3.63) is 11.6 Å². The first-order valence-electron chi connectivity index (χ1n) is 30.8. The van der Waals surface area contributed by atoms with Crippen LogP contribution in [0, 0.1) is 50.2 Å². The van der Waals surface area contributed by atoms with E-state index in [1.807, 2.05) is 6.92 Å². The van der Waals surface area contributed by atoms with Gasteiger partial charge < -0.3 is 129 Å². The van der Waals surface area contributed by atoms with E-state index in [9.17, 15) is 81.7 Å². The summed E-state index contributed by atoms with van der Waals surface area (Å²) < 4.78 is 59.4. The number of allylic oxidation sites excluding steroid dienone is 2. The van der Waals surface area contributed by atoms with Crippen LogP contribution in [0.25, 0.3) is 0 Å². The molecule has 5 aliphatic heterocycles. The number of carbonyl (C=O) groups is 1. The van der Waals surface area contributed by atoms with E-state index in [0.29, 0.717) is 57.8 Å². The monoisotopic (exact) mass is 1240 g/mol. The Morgan fingerprint density at radius 2 is 1.07 bits per heavy atom. The van der Waals surface area contributed by atoms with E-state index in [-0.39, 0.29) is 47.2 Å². The first-order chi connectivity index (χ1) is 40.4. The molecule has 27 nitrogen and oxygen atoms in total. The number of aliphatic hydroxyl groups is 16. The summed E-state index contributed by atoms with van der Waals surface area (Å²) in [6.07, 6.45) is -31.6. The molecule has 5 heterocycles. The molecule has 0 amide bonds. The van der Waals surface area contributed by atoms with Crippen molar-refractivity contribution in [1.82, 2.24) is 0 Å². The minimum absolute atomic E-state index is 0.0953. The van der Waals surface area contributed by atoms with Gasteiger partial charge in [0.05, 0.1) is 50.7 Å². The molecule has 5 aliphatic carbocycles. The molecule has 10 rings (SSSR count). The van der Waals surface area contributed by atoms with Crippen molar-refractivity contribution in [3.8, 4) is 0 Å². The zero-order chi connectivity index (χ0) is 62.7. The van der Waals surface area contributed by atoms with Crippen LogP contribution in [-0.4, -0.2) is 274 Å². The average Bonchev–Trinajstić information content (AvgIpc) is 0.680. The van der Waals surface area contributed by atoms with Gasteiger partial charge in [-0.25, -0.2) is 0 Å². The molecule has 0 spiro atoms. The molecule has 9 fully saturated rings. The summed E-state index contributed by atoms with van der Waals surface area (Å²) >= 11 is 0. The highest BCUT2D eigenvalue weighted by Crippen LogP contribution is 2.76. The predicted octanol–water partition coefficient (Wildman–Crippen LogP) is -3.57. The molecule has 0 aromatic carbocycles. The average molecular weight is 1240 g/mol. The van der Waals surface area contributed by atoms with E-state index < -0.39 is 196 Å². The van der Waals surface area contributed by atoms with E-state index in [0.717, 1.165) is 6.42 Å². The van der Waals surface area contributed by atoms with Gasteiger partial charge >= 0.3 is 5.97 Å². The Balaban J connectivity index is 0.836. The van der Waals surface area contributed by atoms with Crippen molar-refractivity contribution in [3.63, 3.8) is 0 Å². The molecule has 27 heteroatoms. The van der Waals surface area contributed by atoms with Crippen LogP contribution in [0.2, 0.25) is 0 Å². The molecule has 494 valence electrons.